The van der Waals surface area contributed by atoms with Crippen LogP contribution < -0.4 is 0 Å². The fourth-order valence-electron chi connectivity index (χ4n) is 0.154. The van der Waals surface area contributed by atoms with Crippen molar-refractivity contribution in [1.29, 1.82) is 0 Å². The van der Waals surface area contributed by atoms with Crippen LogP contribution in [0.2, 0.25) is 0 Å². The van der Waals surface area contributed by atoms with Crippen molar-refractivity contribution in [1.82, 2.24) is 0 Å². The molecule has 0 amide bonds. The van der Waals surface area contributed by atoms with Crippen LogP contribution >= 0.6 is 43.5 Å². The van der Waals surface area contributed by atoms with E-state index in [-0.39, 0.29) is 5.38 Å². The van der Waals surface area contributed by atoms with Gasteiger partial charge in [0.1, 0.15) is 3.74 Å². The van der Waals surface area contributed by atoms with Crippen molar-refractivity contribution in [3.63, 3.8) is 0 Å². The van der Waals surface area contributed by atoms with Crippen LogP contribution in [0.15, 0.2) is 0 Å². The van der Waals surface area contributed by atoms with Gasteiger partial charge in [-0.3, -0.25) is 0 Å². The van der Waals surface area contributed by atoms with Crippen molar-refractivity contribution in [3.05, 3.63) is 3.74 Å². The maximum Gasteiger partial charge on any atom is 0.123 e. The third kappa shape index (κ3) is 3.80. The smallest absolute Gasteiger partial charge is 0.120 e. The van der Waals surface area contributed by atoms with E-state index in [0.29, 0.717) is 0 Å². The van der Waals surface area contributed by atoms with Crippen molar-refractivity contribution in [3.8, 4) is 0 Å². The molecule has 7 heavy (non-hydrogen) atoms. The number of halogens is 3. The fourth-order valence-corrected chi connectivity index (χ4v) is 0.802. The molecule has 0 fully saturated rings. The summed E-state index contributed by atoms with van der Waals surface area (Å²) in [5.74, 6) is 0. The summed E-state index contributed by atoms with van der Waals surface area (Å²) in [5.41, 5.74) is 0. The molecule has 0 rings (SSSR count). The van der Waals surface area contributed by atoms with E-state index in [2.05, 4.69) is 31.9 Å². The van der Waals surface area contributed by atoms with Gasteiger partial charge in [0.05, 0.1) is 5.38 Å². The van der Waals surface area contributed by atoms with Gasteiger partial charge in [-0.15, -0.1) is 11.6 Å². The molecule has 43 valence electrons. The van der Waals surface area contributed by atoms with Gasteiger partial charge in [0, 0.05) is 0 Å². The zero-order valence-corrected chi connectivity index (χ0v) is 7.85. The molecule has 0 aromatic heterocycles. The van der Waals surface area contributed by atoms with Gasteiger partial charge in [0.15, 0.2) is 0 Å². The summed E-state index contributed by atoms with van der Waals surface area (Å²) in [5, 5.41) is 0.125. The fraction of sp³-hybridized carbons (Fsp3) is 0.750. The van der Waals surface area contributed by atoms with E-state index in [9.17, 15) is 0 Å². The molecule has 0 aromatic carbocycles. The first-order valence-electron chi connectivity index (χ1n) is 2.00. The number of hydrogen-bond acceptors (Lipinski definition) is 0. The lowest BCUT2D eigenvalue weighted by atomic mass is 10.4. The zero-order valence-electron chi connectivity index (χ0n) is 3.92. The zero-order chi connectivity index (χ0) is 5.86. The predicted molar refractivity (Wildman–Crippen MR) is 41.0 cm³/mol. The molecule has 0 saturated heterocycles. The molecule has 0 heterocycles. The average molecular weight is 249 g/mol. The van der Waals surface area contributed by atoms with Crippen LogP contribution in [0.4, 0.5) is 0 Å². The molecule has 0 aliphatic heterocycles. The summed E-state index contributed by atoms with van der Waals surface area (Å²) in [4.78, 5) is 0. The number of hydrogen-bond donors (Lipinski definition) is 0. The number of alkyl halides is 1. The Morgan fingerprint density at radius 3 is 2.14 bits per heavy atom. The van der Waals surface area contributed by atoms with Crippen LogP contribution in [0.5, 0.6) is 0 Å². The molecule has 0 spiro atoms. The molecule has 1 atom stereocenters. The molecule has 0 bridgehead atoms. The van der Waals surface area contributed by atoms with Gasteiger partial charge >= 0.3 is 0 Å². The lowest BCUT2D eigenvalue weighted by molar-refractivity contribution is 0.947. The molecular weight excluding hydrogens is 243 g/mol. The van der Waals surface area contributed by atoms with E-state index >= 15 is 0 Å². The van der Waals surface area contributed by atoms with Crippen LogP contribution in [0.1, 0.15) is 13.3 Å². The van der Waals surface area contributed by atoms with Crippen molar-refractivity contribution < 1.29 is 0 Å². The van der Waals surface area contributed by atoms with Gasteiger partial charge in [-0.25, -0.2) is 0 Å². The summed E-state index contributed by atoms with van der Waals surface area (Å²) in [7, 11) is 0. The lowest BCUT2D eigenvalue weighted by Crippen LogP contribution is -1.95. The first kappa shape index (κ1) is 8.25. The van der Waals surface area contributed by atoms with E-state index in [1.807, 2.05) is 6.92 Å². The van der Waals surface area contributed by atoms with Gasteiger partial charge < -0.3 is 0 Å². The minimum absolute atomic E-state index is 0.125. The second kappa shape index (κ2) is 4.16. The molecule has 0 N–H and O–H groups in total. The molecule has 1 unspecified atom stereocenters. The Morgan fingerprint density at radius 2 is 2.14 bits per heavy atom. The Hall–Kier alpha value is 1.25. The lowest BCUT2D eigenvalue weighted by Gasteiger charge is -2.03. The van der Waals surface area contributed by atoms with Gasteiger partial charge in [0.25, 0.3) is 0 Å². The normalized spacial score (nSPS) is 15.0. The third-order valence-corrected chi connectivity index (χ3v) is 2.75. The highest BCUT2D eigenvalue weighted by Crippen LogP contribution is 2.28. The Kier molecular flexibility index (Phi) is 4.90. The van der Waals surface area contributed by atoms with E-state index < -0.39 is 0 Å². The van der Waals surface area contributed by atoms with Crippen molar-refractivity contribution in [2.45, 2.75) is 18.7 Å². The monoisotopic (exact) mass is 247 g/mol. The highest BCUT2D eigenvalue weighted by atomic mass is 79.9. The summed E-state index contributed by atoms with van der Waals surface area (Å²) in [6.45, 7) is 2.03. The summed E-state index contributed by atoms with van der Waals surface area (Å²) in [6.07, 6.45) is 0.952. The van der Waals surface area contributed by atoms with Crippen LogP contribution in [0, 0.1) is 3.74 Å². The number of rotatable bonds is 2. The molecule has 0 nitrogen and oxygen atoms in total. The van der Waals surface area contributed by atoms with Gasteiger partial charge in [0.2, 0.25) is 0 Å². The van der Waals surface area contributed by atoms with E-state index in [1.165, 1.54) is 0 Å². The van der Waals surface area contributed by atoms with Gasteiger partial charge in [-0.05, 0) is 6.42 Å². The van der Waals surface area contributed by atoms with Crippen LogP contribution in [-0.4, -0.2) is 5.38 Å². The highest BCUT2D eigenvalue weighted by Gasteiger charge is 2.09. The predicted octanol–water partition coefficient (Wildman–Crippen LogP) is 3.28. The SMILES string of the molecule is CCC(Cl)[C](Br)Br. The average Bonchev–Trinajstić information content (AvgIpc) is 1.65. The second-order valence-electron chi connectivity index (χ2n) is 1.17. The summed E-state index contributed by atoms with van der Waals surface area (Å²) in [6, 6.07) is 0. The molecule has 1 radical (unpaired) electrons. The first-order chi connectivity index (χ1) is 3.18. The minimum atomic E-state index is 0.125. The molecule has 0 aromatic rings. The van der Waals surface area contributed by atoms with Gasteiger partial charge in [-0.1, -0.05) is 38.8 Å². The van der Waals surface area contributed by atoms with Crippen molar-refractivity contribution in [2.24, 2.45) is 0 Å². The molecule has 0 aliphatic rings. The summed E-state index contributed by atoms with van der Waals surface area (Å²) >= 11 is 12.1. The highest BCUT2D eigenvalue weighted by molar-refractivity contribution is 9.27. The van der Waals surface area contributed by atoms with E-state index in [4.69, 9.17) is 11.6 Å². The Morgan fingerprint density at radius 1 is 1.71 bits per heavy atom. The minimum Gasteiger partial charge on any atom is -0.120 e. The van der Waals surface area contributed by atoms with E-state index in [1.54, 1.807) is 0 Å². The molecule has 3 heteroatoms. The van der Waals surface area contributed by atoms with Crippen LogP contribution in [0.3, 0.4) is 0 Å². The Bertz CT molecular complexity index is 47.0. The topological polar surface area (TPSA) is 0 Å². The Balaban J connectivity index is 3.14. The second-order valence-corrected chi connectivity index (χ2v) is 4.47. The molecule has 0 saturated carbocycles. The molecule has 0 aliphatic carbocycles. The van der Waals surface area contributed by atoms with Crippen molar-refractivity contribution in [2.75, 3.05) is 0 Å². The Labute approximate surface area is 65.9 Å². The standard InChI is InChI=1S/C4H6Br2Cl/c1-2-3(7)4(5)6/h3H,2H2,1H3. The summed E-state index contributed by atoms with van der Waals surface area (Å²) < 4.78 is 0.934. The van der Waals surface area contributed by atoms with Gasteiger partial charge in [-0.2, -0.15) is 0 Å². The first-order valence-corrected chi connectivity index (χ1v) is 4.02. The maximum atomic E-state index is 5.67. The third-order valence-electron chi connectivity index (χ3n) is 0.595. The van der Waals surface area contributed by atoms with E-state index in [0.717, 1.165) is 10.2 Å². The van der Waals surface area contributed by atoms with Crippen molar-refractivity contribution >= 4 is 43.5 Å². The van der Waals surface area contributed by atoms with Crippen LogP contribution in [0.25, 0.3) is 0 Å². The van der Waals surface area contributed by atoms with Crippen LogP contribution in [-0.2, 0) is 0 Å². The maximum absolute atomic E-state index is 5.67. The largest absolute Gasteiger partial charge is 0.123 e. The molecular formula is C4H6Br2Cl. The quantitative estimate of drug-likeness (QED) is 0.659.